The lowest BCUT2D eigenvalue weighted by molar-refractivity contribution is 0.0447. The molecule has 2 N–H and O–H groups in total. The Labute approximate surface area is 143 Å². The van der Waals surface area contributed by atoms with Crippen LogP contribution < -0.4 is 15.2 Å². The highest BCUT2D eigenvalue weighted by molar-refractivity contribution is 6.33. The molecule has 0 fully saturated rings. The molecular formula is C16H15Cl2NO4. The second-order valence-corrected chi connectivity index (χ2v) is 5.30. The molecule has 2 aromatic rings. The average Bonchev–Trinajstić information content (AvgIpc) is 2.55. The number of halogens is 2. The Bertz CT molecular complexity index is 706. The first kappa shape index (κ1) is 17.2. The molecule has 122 valence electrons. The summed E-state index contributed by atoms with van der Waals surface area (Å²) in [5.74, 6) is 0.244. The first-order valence-electron chi connectivity index (χ1n) is 6.70. The van der Waals surface area contributed by atoms with Crippen molar-refractivity contribution in [2.24, 2.45) is 0 Å². The number of ether oxygens (including phenoxy) is 3. The van der Waals surface area contributed by atoms with Gasteiger partial charge in [-0.1, -0.05) is 35.3 Å². The molecule has 0 saturated carbocycles. The molecule has 0 aromatic heterocycles. The quantitative estimate of drug-likeness (QED) is 0.484. The molecule has 2 rings (SSSR count). The molecule has 0 unspecified atom stereocenters. The third-order valence-corrected chi connectivity index (χ3v) is 3.59. The van der Waals surface area contributed by atoms with E-state index in [4.69, 9.17) is 43.1 Å². The number of carbonyl (C=O) groups excluding carboxylic acids is 1. The number of benzene rings is 2. The molecule has 0 radical (unpaired) electrons. The molecule has 0 spiro atoms. The van der Waals surface area contributed by atoms with Crippen molar-refractivity contribution in [3.05, 3.63) is 52.0 Å². The van der Waals surface area contributed by atoms with Crippen molar-refractivity contribution in [2.45, 2.75) is 0 Å². The third kappa shape index (κ3) is 4.43. The molecule has 0 aliphatic heterocycles. The van der Waals surface area contributed by atoms with E-state index < -0.39 is 5.97 Å². The van der Waals surface area contributed by atoms with E-state index in [2.05, 4.69) is 0 Å². The molecule has 5 nitrogen and oxygen atoms in total. The zero-order valence-corrected chi connectivity index (χ0v) is 13.9. The van der Waals surface area contributed by atoms with Crippen molar-refractivity contribution in [1.29, 1.82) is 0 Å². The maximum absolute atomic E-state index is 12.1. The van der Waals surface area contributed by atoms with Crippen molar-refractivity contribution < 1.29 is 19.0 Å². The van der Waals surface area contributed by atoms with Crippen LogP contribution in [0, 0.1) is 0 Å². The van der Waals surface area contributed by atoms with E-state index >= 15 is 0 Å². The van der Waals surface area contributed by atoms with Gasteiger partial charge in [0.2, 0.25) is 0 Å². The maximum Gasteiger partial charge on any atom is 0.342 e. The SMILES string of the molecule is COc1cc(N)c(Cl)cc1C(=O)OCCOc1ccccc1Cl. The Hall–Kier alpha value is -2.11. The number of nitrogen functional groups attached to an aromatic ring is 1. The van der Waals surface area contributed by atoms with Gasteiger partial charge >= 0.3 is 5.97 Å². The first-order chi connectivity index (χ1) is 11.0. The van der Waals surface area contributed by atoms with E-state index in [9.17, 15) is 4.79 Å². The van der Waals surface area contributed by atoms with Gasteiger partial charge in [0.25, 0.3) is 0 Å². The molecule has 7 heteroatoms. The Morgan fingerprint density at radius 1 is 1.09 bits per heavy atom. The van der Waals surface area contributed by atoms with Gasteiger partial charge in [0.15, 0.2) is 0 Å². The normalized spacial score (nSPS) is 10.2. The van der Waals surface area contributed by atoms with Crippen LogP contribution in [0.25, 0.3) is 0 Å². The second kappa shape index (κ2) is 7.94. The minimum atomic E-state index is -0.577. The van der Waals surface area contributed by atoms with Crippen LogP contribution in [0.4, 0.5) is 5.69 Å². The highest BCUT2D eigenvalue weighted by atomic mass is 35.5. The monoisotopic (exact) mass is 355 g/mol. The molecule has 2 aromatic carbocycles. The Morgan fingerprint density at radius 2 is 1.83 bits per heavy atom. The lowest BCUT2D eigenvalue weighted by Gasteiger charge is -2.11. The third-order valence-electron chi connectivity index (χ3n) is 2.95. The van der Waals surface area contributed by atoms with Crippen molar-refractivity contribution in [3.8, 4) is 11.5 Å². The van der Waals surface area contributed by atoms with Crippen LogP contribution in [-0.4, -0.2) is 26.3 Å². The second-order valence-electron chi connectivity index (χ2n) is 4.49. The molecule has 0 heterocycles. The van der Waals surface area contributed by atoms with Gasteiger partial charge in [-0.05, 0) is 18.2 Å². The van der Waals surface area contributed by atoms with Gasteiger partial charge in [-0.2, -0.15) is 0 Å². The summed E-state index contributed by atoms with van der Waals surface area (Å²) in [5.41, 5.74) is 6.19. The number of methoxy groups -OCH3 is 1. The predicted octanol–water partition coefficient (Wildman–Crippen LogP) is 3.82. The van der Waals surface area contributed by atoms with Crippen molar-refractivity contribution in [3.63, 3.8) is 0 Å². The van der Waals surface area contributed by atoms with Crippen LogP contribution in [0.3, 0.4) is 0 Å². The standard InChI is InChI=1S/C16H15Cl2NO4/c1-21-15-9-13(19)12(18)8-10(15)16(20)23-7-6-22-14-5-3-2-4-11(14)17/h2-5,8-9H,6-7,19H2,1H3. The maximum atomic E-state index is 12.1. The number of esters is 1. The van der Waals surface area contributed by atoms with E-state index in [0.29, 0.717) is 22.2 Å². The largest absolute Gasteiger partial charge is 0.496 e. The number of anilines is 1. The van der Waals surface area contributed by atoms with Gasteiger partial charge < -0.3 is 19.9 Å². The molecule has 0 aliphatic carbocycles. The van der Waals surface area contributed by atoms with Crippen LogP contribution in [0.1, 0.15) is 10.4 Å². The van der Waals surface area contributed by atoms with E-state index in [-0.39, 0.29) is 23.8 Å². The highest BCUT2D eigenvalue weighted by Crippen LogP contribution is 2.29. The predicted molar refractivity (Wildman–Crippen MR) is 89.6 cm³/mol. The summed E-state index contributed by atoms with van der Waals surface area (Å²) >= 11 is 11.9. The summed E-state index contributed by atoms with van der Waals surface area (Å²) in [7, 11) is 1.43. The number of rotatable bonds is 6. The average molecular weight is 356 g/mol. The number of para-hydroxylation sites is 1. The number of hydrogen-bond donors (Lipinski definition) is 1. The van der Waals surface area contributed by atoms with Crippen LogP contribution in [-0.2, 0) is 4.74 Å². The smallest absolute Gasteiger partial charge is 0.342 e. The fraction of sp³-hybridized carbons (Fsp3) is 0.188. The van der Waals surface area contributed by atoms with Crippen LogP contribution >= 0.6 is 23.2 Å². The Kier molecular flexibility index (Phi) is 5.96. The van der Waals surface area contributed by atoms with Crippen molar-refractivity contribution in [1.82, 2.24) is 0 Å². The fourth-order valence-electron chi connectivity index (χ4n) is 1.82. The number of nitrogens with two attached hydrogens (primary N) is 1. The lowest BCUT2D eigenvalue weighted by atomic mass is 10.2. The van der Waals surface area contributed by atoms with Gasteiger partial charge in [-0.15, -0.1) is 0 Å². The van der Waals surface area contributed by atoms with E-state index in [0.717, 1.165) is 0 Å². The summed E-state index contributed by atoms with van der Waals surface area (Å²) in [6.45, 7) is 0.218. The van der Waals surface area contributed by atoms with E-state index in [1.54, 1.807) is 24.3 Å². The van der Waals surface area contributed by atoms with Gasteiger partial charge in [0.05, 0.1) is 22.8 Å². The molecule has 0 aliphatic rings. The minimum Gasteiger partial charge on any atom is -0.496 e. The first-order valence-corrected chi connectivity index (χ1v) is 7.46. The highest BCUT2D eigenvalue weighted by Gasteiger charge is 2.16. The van der Waals surface area contributed by atoms with Crippen molar-refractivity contribution in [2.75, 3.05) is 26.1 Å². The number of hydrogen-bond acceptors (Lipinski definition) is 5. The summed E-state index contributed by atoms with van der Waals surface area (Å²) < 4.78 is 15.7. The zero-order chi connectivity index (χ0) is 16.8. The molecule has 0 bridgehead atoms. The zero-order valence-electron chi connectivity index (χ0n) is 12.3. The topological polar surface area (TPSA) is 70.8 Å². The van der Waals surface area contributed by atoms with Gasteiger partial charge in [-0.3, -0.25) is 0 Å². The molecule has 0 atom stereocenters. The summed E-state index contributed by atoms with van der Waals surface area (Å²) in [6, 6.07) is 9.92. The molecule has 0 amide bonds. The Balaban J connectivity index is 1.93. The van der Waals surface area contributed by atoms with E-state index in [1.165, 1.54) is 19.2 Å². The summed E-state index contributed by atoms with van der Waals surface area (Å²) in [4.78, 5) is 12.1. The minimum absolute atomic E-state index is 0.0508. The van der Waals surface area contributed by atoms with Crippen LogP contribution in [0.15, 0.2) is 36.4 Å². The Morgan fingerprint density at radius 3 is 2.52 bits per heavy atom. The van der Waals surface area contributed by atoms with Gasteiger partial charge in [0, 0.05) is 6.07 Å². The number of carbonyl (C=O) groups is 1. The summed E-state index contributed by atoms with van der Waals surface area (Å²) in [6.07, 6.45) is 0. The van der Waals surface area contributed by atoms with Gasteiger partial charge in [0.1, 0.15) is 30.3 Å². The van der Waals surface area contributed by atoms with E-state index in [1.807, 2.05) is 0 Å². The van der Waals surface area contributed by atoms with Gasteiger partial charge in [-0.25, -0.2) is 4.79 Å². The lowest BCUT2D eigenvalue weighted by Crippen LogP contribution is -2.13. The van der Waals surface area contributed by atoms with Crippen LogP contribution in [0.5, 0.6) is 11.5 Å². The molecule has 23 heavy (non-hydrogen) atoms. The van der Waals surface area contributed by atoms with Crippen molar-refractivity contribution >= 4 is 34.9 Å². The summed E-state index contributed by atoms with van der Waals surface area (Å²) in [5, 5.41) is 0.746. The van der Waals surface area contributed by atoms with Crippen LogP contribution in [0.2, 0.25) is 10.0 Å². The molecule has 0 saturated heterocycles. The fourth-order valence-corrected chi connectivity index (χ4v) is 2.18. The molecular weight excluding hydrogens is 341 g/mol.